The standard InChI is InChI=1S/C16H17N3O3/c1-11(2)12-3-5-13(6-4-12)22-15(20)10-19-16(21)14-9-17-7-8-18-14/h3-9,11H,10H2,1-2H3,(H,19,21). The van der Waals surface area contributed by atoms with E-state index < -0.39 is 11.9 Å². The third-order valence-corrected chi connectivity index (χ3v) is 2.97. The zero-order valence-corrected chi connectivity index (χ0v) is 12.4. The molecule has 1 heterocycles. The number of nitrogens with one attached hydrogen (secondary N) is 1. The van der Waals surface area contributed by atoms with E-state index in [1.165, 1.54) is 18.6 Å². The molecule has 1 N–H and O–H groups in total. The van der Waals surface area contributed by atoms with Crippen molar-refractivity contribution in [3.8, 4) is 5.75 Å². The number of benzene rings is 1. The normalized spacial score (nSPS) is 10.3. The third-order valence-electron chi connectivity index (χ3n) is 2.97. The number of hydrogen-bond donors (Lipinski definition) is 1. The predicted molar refractivity (Wildman–Crippen MR) is 80.5 cm³/mol. The van der Waals surface area contributed by atoms with Crippen LogP contribution in [0.1, 0.15) is 35.8 Å². The largest absolute Gasteiger partial charge is 0.425 e. The molecule has 0 radical (unpaired) electrons. The number of esters is 1. The summed E-state index contributed by atoms with van der Waals surface area (Å²) in [4.78, 5) is 31.0. The Labute approximate surface area is 128 Å². The van der Waals surface area contributed by atoms with Crippen LogP contribution in [-0.2, 0) is 4.79 Å². The Morgan fingerprint density at radius 1 is 1.18 bits per heavy atom. The van der Waals surface area contributed by atoms with Gasteiger partial charge in [0.2, 0.25) is 0 Å². The topological polar surface area (TPSA) is 81.2 Å². The first-order valence-electron chi connectivity index (χ1n) is 6.91. The maximum atomic E-state index is 11.7. The molecule has 0 bridgehead atoms. The predicted octanol–water partition coefficient (Wildman–Crippen LogP) is 1.94. The van der Waals surface area contributed by atoms with Gasteiger partial charge in [-0.15, -0.1) is 0 Å². The summed E-state index contributed by atoms with van der Waals surface area (Å²) in [5.74, 6) is -0.158. The van der Waals surface area contributed by atoms with E-state index in [1.54, 1.807) is 12.1 Å². The smallest absolute Gasteiger partial charge is 0.330 e. The van der Waals surface area contributed by atoms with E-state index in [1.807, 2.05) is 12.1 Å². The first-order valence-corrected chi connectivity index (χ1v) is 6.91. The molecule has 0 aliphatic heterocycles. The van der Waals surface area contributed by atoms with E-state index in [0.717, 1.165) is 5.56 Å². The van der Waals surface area contributed by atoms with Gasteiger partial charge in [0, 0.05) is 12.4 Å². The van der Waals surface area contributed by atoms with Crippen molar-refractivity contribution in [2.45, 2.75) is 19.8 Å². The summed E-state index contributed by atoms with van der Waals surface area (Å²) in [5.41, 5.74) is 1.31. The first kappa shape index (κ1) is 15.6. The van der Waals surface area contributed by atoms with Crippen LogP contribution in [0.2, 0.25) is 0 Å². The Kier molecular flexibility index (Phi) is 5.19. The number of ether oxygens (including phenoxy) is 1. The lowest BCUT2D eigenvalue weighted by Gasteiger charge is -2.08. The van der Waals surface area contributed by atoms with Gasteiger partial charge < -0.3 is 10.1 Å². The highest BCUT2D eigenvalue weighted by Gasteiger charge is 2.10. The molecule has 0 unspecified atom stereocenters. The lowest BCUT2D eigenvalue weighted by molar-refractivity contribution is -0.133. The molecule has 114 valence electrons. The van der Waals surface area contributed by atoms with Gasteiger partial charge in [-0.25, -0.2) is 9.78 Å². The highest BCUT2D eigenvalue weighted by atomic mass is 16.5. The summed E-state index contributed by atoms with van der Waals surface area (Å²) in [6.45, 7) is 3.94. The summed E-state index contributed by atoms with van der Waals surface area (Å²) in [7, 11) is 0. The van der Waals surface area contributed by atoms with Crippen LogP contribution in [0.15, 0.2) is 42.9 Å². The molecule has 1 aromatic heterocycles. The fraction of sp³-hybridized carbons (Fsp3) is 0.250. The molecule has 1 amide bonds. The Morgan fingerprint density at radius 3 is 2.50 bits per heavy atom. The summed E-state index contributed by atoms with van der Waals surface area (Å²) in [5, 5.41) is 2.43. The molecule has 1 aromatic carbocycles. The minimum Gasteiger partial charge on any atom is -0.425 e. The van der Waals surface area contributed by atoms with E-state index in [9.17, 15) is 9.59 Å². The van der Waals surface area contributed by atoms with E-state index in [0.29, 0.717) is 11.7 Å². The van der Waals surface area contributed by atoms with Crippen LogP contribution in [-0.4, -0.2) is 28.4 Å². The molecule has 0 saturated heterocycles. The van der Waals surface area contributed by atoms with Gasteiger partial charge in [-0.3, -0.25) is 9.78 Å². The number of hydrogen-bond acceptors (Lipinski definition) is 5. The fourth-order valence-electron chi connectivity index (χ4n) is 1.75. The molecule has 6 nitrogen and oxygen atoms in total. The molecule has 2 aromatic rings. The second kappa shape index (κ2) is 7.31. The lowest BCUT2D eigenvalue weighted by atomic mass is 10.0. The van der Waals surface area contributed by atoms with Crippen molar-refractivity contribution in [3.63, 3.8) is 0 Å². The monoisotopic (exact) mass is 299 g/mol. The Hall–Kier alpha value is -2.76. The fourth-order valence-corrected chi connectivity index (χ4v) is 1.75. The number of carbonyl (C=O) groups is 2. The van der Waals surface area contributed by atoms with E-state index in [2.05, 4.69) is 29.1 Å². The van der Waals surface area contributed by atoms with Crippen molar-refractivity contribution in [2.75, 3.05) is 6.54 Å². The Morgan fingerprint density at radius 2 is 1.91 bits per heavy atom. The summed E-state index contributed by atoms with van der Waals surface area (Å²) in [6, 6.07) is 7.28. The lowest BCUT2D eigenvalue weighted by Crippen LogP contribution is -2.32. The van der Waals surface area contributed by atoms with Crippen LogP contribution < -0.4 is 10.1 Å². The van der Waals surface area contributed by atoms with Crippen LogP contribution >= 0.6 is 0 Å². The van der Waals surface area contributed by atoms with Crippen LogP contribution in [0.5, 0.6) is 5.75 Å². The number of aromatic nitrogens is 2. The molecule has 0 fully saturated rings. The van der Waals surface area contributed by atoms with Gasteiger partial charge in [0.05, 0.1) is 6.20 Å². The van der Waals surface area contributed by atoms with Crippen molar-refractivity contribution >= 4 is 11.9 Å². The van der Waals surface area contributed by atoms with E-state index in [-0.39, 0.29) is 12.2 Å². The van der Waals surface area contributed by atoms with Crippen LogP contribution in [0.3, 0.4) is 0 Å². The molecule has 6 heteroatoms. The Balaban J connectivity index is 1.84. The molecule has 0 saturated carbocycles. The molecule has 0 aliphatic rings. The highest BCUT2D eigenvalue weighted by Crippen LogP contribution is 2.18. The molecule has 0 aliphatic carbocycles. The van der Waals surface area contributed by atoms with Gasteiger partial charge in [0.1, 0.15) is 18.0 Å². The molecule has 2 rings (SSSR count). The first-order chi connectivity index (χ1) is 10.6. The number of amides is 1. The van der Waals surface area contributed by atoms with Crippen molar-refractivity contribution < 1.29 is 14.3 Å². The molecular formula is C16H17N3O3. The zero-order valence-electron chi connectivity index (χ0n) is 12.4. The quantitative estimate of drug-likeness (QED) is 0.674. The second-order valence-electron chi connectivity index (χ2n) is 4.97. The number of nitrogens with zero attached hydrogens (tertiary/aromatic N) is 2. The van der Waals surface area contributed by atoms with Crippen LogP contribution in [0.25, 0.3) is 0 Å². The van der Waals surface area contributed by atoms with Gasteiger partial charge in [-0.1, -0.05) is 26.0 Å². The molecule has 22 heavy (non-hydrogen) atoms. The maximum Gasteiger partial charge on any atom is 0.330 e. The SMILES string of the molecule is CC(C)c1ccc(OC(=O)CNC(=O)c2cnccn2)cc1. The molecular weight excluding hydrogens is 282 g/mol. The van der Waals surface area contributed by atoms with Crippen molar-refractivity contribution in [2.24, 2.45) is 0 Å². The van der Waals surface area contributed by atoms with Gasteiger partial charge >= 0.3 is 5.97 Å². The van der Waals surface area contributed by atoms with Crippen LogP contribution in [0.4, 0.5) is 0 Å². The van der Waals surface area contributed by atoms with Gasteiger partial charge in [0.25, 0.3) is 5.91 Å². The van der Waals surface area contributed by atoms with Gasteiger partial charge in [-0.05, 0) is 23.6 Å². The van der Waals surface area contributed by atoms with Crippen molar-refractivity contribution in [1.82, 2.24) is 15.3 Å². The summed E-state index contributed by atoms with van der Waals surface area (Å²) >= 11 is 0. The maximum absolute atomic E-state index is 11.7. The number of carbonyl (C=O) groups excluding carboxylic acids is 2. The minimum atomic E-state index is -0.547. The summed E-state index contributed by atoms with van der Waals surface area (Å²) in [6.07, 6.45) is 4.20. The molecule has 0 atom stereocenters. The minimum absolute atomic E-state index is 0.150. The average Bonchev–Trinajstić information content (AvgIpc) is 2.54. The summed E-state index contributed by atoms with van der Waals surface area (Å²) < 4.78 is 5.15. The van der Waals surface area contributed by atoms with E-state index in [4.69, 9.17) is 4.74 Å². The van der Waals surface area contributed by atoms with Crippen LogP contribution in [0, 0.1) is 0 Å². The van der Waals surface area contributed by atoms with Gasteiger partial charge in [0.15, 0.2) is 0 Å². The Bertz CT molecular complexity index is 639. The third kappa shape index (κ3) is 4.37. The van der Waals surface area contributed by atoms with Crippen molar-refractivity contribution in [3.05, 3.63) is 54.1 Å². The second-order valence-corrected chi connectivity index (χ2v) is 4.97. The molecule has 0 spiro atoms. The number of rotatable bonds is 5. The van der Waals surface area contributed by atoms with Gasteiger partial charge in [-0.2, -0.15) is 0 Å². The van der Waals surface area contributed by atoms with E-state index >= 15 is 0 Å². The zero-order chi connectivity index (χ0) is 15.9. The highest BCUT2D eigenvalue weighted by molar-refractivity contribution is 5.94. The van der Waals surface area contributed by atoms with Crippen molar-refractivity contribution in [1.29, 1.82) is 0 Å². The average molecular weight is 299 g/mol.